The number of aliphatic hydroxyl groups excluding tert-OH is 1. The van der Waals surface area contributed by atoms with Crippen molar-refractivity contribution in [2.75, 3.05) is 13.1 Å². The second-order valence-electron chi connectivity index (χ2n) is 5.33. The van der Waals surface area contributed by atoms with Gasteiger partial charge < -0.3 is 10.8 Å². The second-order valence-corrected chi connectivity index (χ2v) is 5.33. The molecule has 1 aromatic carbocycles. The summed E-state index contributed by atoms with van der Waals surface area (Å²) in [6.45, 7) is 4.24. The molecule has 1 aliphatic rings. The summed E-state index contributed by atoms with van der Waals surface area (Å²) < 4.78 is 13.5. The third-order valence-electron chi connectivity index (χ3n) is 3.62. The third kappa shape index (κ3) is 3.52. The minimum absolute atomic E-state index is 0.122. The maximum absolute atomic E-state index is 13.5. The molecule has 4 nitrogen and oxygen atoms in total. The Morgan fingerprint density at radius 1 is 1.53 bits per heavy atom. The van der Waals surface area contributed by atoms with E-state index in [0.29, 0.717) is 12.1 Å². The average molecular weight is 265 g/mol. The Bertz CT molecular complexity index is 478. The van der Waals surface area contributed by atoms with Crippen molar-refractivity contribution in [1.29, 1.82) is 5.41 Å². The van der Waals surface area contributed by atoms with Gasteiger partial charge in [-0.2, -0.15) is 0 Å². The van der Waals surface area contributed by atoms with Gasteiger partial charge in [0, 0.05) is 25.2 Å². The first-order valence-corrected chi connectivity index (χ1v) is 6.50. The number of aliphatic hydroxyl groups is 1. The van der Waals surface area contributed by atoms with Crippen LogP contribution in [0, 0.1) is 17.1 Å². The molecule has 1 aromatic rings. The summed E-state index contributed by atoms with van der Waals surface area (Å²) in [5, 5.41) is 17.1. The highest BCUT2D eigenvalue weighted by molar-refractivity contribution is 5.95. The molecule has 0 aliphatic carbocycles. The topological polar surface area (TPSA) is 73.3 Å². The fourth-order valence-corrected chi connectivity index (χ4v) is 2.52. The molecule has 0 amide bonds. The largest absolute Gasteiger partial charge is 0.393 e. The highest BCUT2D eigenvalue weighted by atomic mass is 19.1. The molecular weight excluding hydrogens is 245 g/mol. The minimum Gasteiger partial charge on any atom is -0.393 e. The Morgan fingerprint density at radius 3 is 2.89 bits per heavy atom. The van der Waals surface area contributed by atoms with E-state index in [0.717, 1.165) is 25.1 Å². The molecule has 0 saturated carbocycles. The van der Waals surface area contributed by atoms with Gasteiger partial charge in [0.2, 0.25) is 0 Å². The van der Waals surface area contributed by atoms with Crippen molar-refractivity contribution in [2.45, 2.75) is 26.0 Å². The van der Waals surface area contributed by atoms with Crippen molar-refractivity contribution in [3.63, 3.8) is 0 Å². The molecule has 0 spiro atoms. The number of halogens is 1. The number of hydrogen-bond donors (Lipinski definition) is 3. The molecule has 0 radical (unpaired) electrons. The summed E-state index contributed by atoms with van der Waals surface area (Å²) in [6, 6.07) is 4.50. The lowest BCUT2D eigenvalue weighted by Gasteiger charge is -2.34. The Hall–Kier alpha value is -1.46. The molecule has 2 unspecified atom stereocenters. The van der Waals surface area contributed by atoms with E-state index in [1.54, 1.807) is 6.07 Å². The number of piperidine rings is 1. The first-order valence-electron chi connectivity index (χ1n) is 6.50. The van der Waals surface area contributed by atoms with E-state index in [4.69, 9.17) is 11.1 Å². The smallest absolute Gasteiger partial charge is 0.124 e. The molecular formula is C14H20FN3O. The molecule has 1 fully saturated rings. The lowest BCUT2D eigenvalue weighted by atomic mass is 9.96. The number of rotatable bonds is 3. The van der Waals surface area contributed by atoms with E-state index in [9.17, 15) is 9.50 Å². The number of nitrogen functional groups attached to an aromatic ring is 1. The quantitative estimate of drug-likeness (QED) is 0.570. The van der Waals surface area contributed by atoms with Gasteiger partial charge in [0.15, 0.2) is 0 Å². The highest BCUT2D eigenvalue weighted by Crippen LogP contribution is 2.19. The number of nitrogens with one attached hydrogen (secondary N) is 1. The Labute approximate surface area is 112 Å². The number of nitrogens with zero attached hydrogens (tertiary/aromatic N) is 1. The van der Waals surface area contributed by atoms with Gasteiger partial charge >= 0.3 is 0 Å². The molecule has 2 atom stereocenters. The molecule has 2 rings (SSSR count). The predicted molar refractivity (Wildman–Crippen MR) is 72.5 cm³/mol. The van der Waals surface area contributed by atoms with Gasteiger partial charge in [-0.15, -0.1) is 0 Å². The molecule has 104 valence electrons. The van der Waals surface area contributed by atoms with Gasteiger partial charge in [-0.05, 0) is 36.1 Å². The SMILES string of the molecule is CC1CN(Cc2cc(F)cc(C(=N)N)c2)CCC1O. The van der Waals surface area contributed by atoms with Crippen LogP contribution < -0.4 is 5.73 Å². The monoisotopic (exact) mass is 265 g/mol. The second kappa shape index (κ2) is 5.67. The van der Waals surface area contributed by atoms with Crippen LogP contribution in [0.15, 0.2) is 18.2 Å². The maximum Gasteiger partial charge on any atom is 0.124 e. The van der Waals surface area contributed by atoms with Crippen LogP contribution in [0.5, 0.6) is 0 Å². The van der Waals surface area contributed by atoms with Crippen molar-refractivity contribution in [2.24, 2.45) is 11.7 Å². The molecule has 1 heterocycles. The van der Waals surface area contributed by atoms with Gasteiger partial charge in [-0.1, -0.05) is 6.92 Å². The van der Waals surface area contributed by atoms with Gasteiger partial charge in [0.1, 0.15) is 11.7 Å². The van der Waals surface area contributed by atoms with Crippen LogP contribution in [-0.4, -0.2) is 35.0 Å². The number of likely N-dealkylation sites (tertiary alicyclic amines) is 1. The van der Waals surface area contributed by atoms with E-state index in [1.807, 2.05) is 6.92 Å². The normalized spacial score (nSPS) is 24.4. The minimum atomic E-state index is -0.368. The van der Waals surface area contributed by atoms with Crippen molar-refractivity contribution >= 4 is 5.84 Å². The van der Waals surface area contributed by atoms with Crippen LogP contribution in [-0.2, 0) is 6.54 Å². The molecule has 19 heavy (non-hydrogen) atoms. The predicted octanol–water partition coefficient (Wildman–Crippen LogP) is 1.31. The summed E-state index contributed by atoms with van der Waals surface area (Å²) in [4.78, 5) is 2.19. The van der Waals surface area contributed by atoms with E-state index in [2.05, 4.69) is 4.90 Å². The molecule has 4 N–H and O–H groups in total. The van der Waals surface area contributed by atoms with Gasteiger partial charge in [-0.3, -0.25) is 10.3 Å². The van der Waals surface area contributed by atoms with E-state index >= 15 is 0 Å². The fourth-order valence-electron chi connectivity index (χ4n) is 2.52. The summed E-state index contributed by atoms with van der Waals surface area (Å²) in [7, 11) is 0. The third-order valence-corrected chi connectivity index (χ3v) is 3.62. The lowest BCUT2D eigenvalue weighted by Crippen LogP contribution is -2.41. The number of hydrogen-bond acceptors (Lipinski definition) is 3. The highest BCUT2D eigenvalue weighted by Gasteiger charge is 2.24. The lowest BCUT2D eigenvalue weighted by molar-refractivity contribution is 0.0320. The summed E-state index contributed by atoms with van der Waals surface area (Å²) in [5.74, 6) is -0.259. The van der Waals surface area contributed by atoms with Crippen molar-refractivity contribution in [1.82, 2.24) is 4.90 Å². The first kappa shape index (κ1) is 14.0. The van der Waals surface area contributed by atoms with Crippen LogP contribution in [0.1, 0.15) is 24.5 Å². The van der Waals surface area contributed by atoms with Crippen LogP contribution in [0.2, 0.25) is 0 Å². The Morgan fingerprint density at radius 2 is 2.26 bits per heavy atom. The van der Waals surface area contributed by atoms with Crippen molar-refractivity contribution in [3.8, 4) is 0 Å². The zero-order chi connectivity index (χ0) is 14.0. The van der Waals surface area contributed by atoms with Crippen LogP contribution in [0.3, 0.4) is 0 Å². The zero-order valence-corrected chi connectivity index (χ0v) is 11.1. The van der Waals surface area contributed by atoms with E-state index < -0.39 is 0 Å². The van der Waals surface area contributed by atoms with Crippen molar-refractivity contribution in [3.05, 3.63) is 35.1 Å². The van der Waals surface area contributed by atoms with Crippen LogP contribution in [0.25, 0.3) is 0 Å². The first-order chi connectivity index (χ1) is 8.95. The average Bonchev–Trinajstić information content (AvgIpc) is 2.33. The summed E-state index contributed by atoms with van der Waals surface area (Å²) >= 11 is 0. The standard InChI is InChI=1S/C14H20FN3O/c1-9-7-18(3-2-13(9)19)8-10-4-11(14(16)17)6-12(15)5-10/h4-6,9,13,19H,2-3,7-8H2,1H3,(H3,16,17). The van der Waals surface area contributed by atoms with Gasteiger partial charge in [-0.25, -0.2) is 4.39 Å². The number of amidine groups is 1. The maximum atomic E-state index is 13.5. The summed E-state index contributed by atoms with van der Waals surface area (Å²) in [5.41, 5.74) is 6.63. The number of benzene rings is 1. The Kier molecular flexibility index (Phi) is 4.17. The molecule has 0 aromatic heterocycles. The zero-order valence-electron chi connectivity index (χ0n) is 11.1. The van der Waals surface area contributed by atoms with Crippen LogP contribution >= 0.6 is 0 Å². The van der Waals surface area contributed by atoms with E-state index in [-0.39, 0.29) is 23.7 Å². The fraction of sp³-hybridized carbons (Fsp3) is 0.500. The van der Waals surface area contributed by atoms with E-state index in [1.165, 1.54) is 12.1 Å². The Balaban J connectivity index is 2.09. The molecule has 1 saturated heterocycles. The number of nitrogens with two attached hydrogens (primary N) is 1. The molecule has 1 aliphatic heterocycles. The molecule has 0 bridgehead atoms. The molecule has 5 heteroatoms. The van der Waals surface area contributed by atoms with Crippen molar-refractivity contribution < 1.29 is 9.50 Å². The summed E-state index contributed by atoms with van der Waals surface area (Å²) in [6.07, 6.45) is 0.507. The van der Waals surface area contributed by atoms with Crippen LogP contribution in [0.4, 0.5) is 4.39 Å². The van der Waals surface area contributed by atoms with Gasteiger partial charge in [0.25, 0.3) is 0 Å². The van der Waals surface area contributed by atoms with Gasteiger partial charge in [0.05, 0.1) is 6.10 Å².